The van der Waals surface area contributed by atoms with Crippen LogP contribution in [0.3, 0.4) is 0 Å². The quantitative estimate of drug-likeness (QED) is 0.833. The number of hydrogen-bond acceptors (Lipinski definition) is 2. The fourth-order valence-corrected chi connectivity index (χ4v) is 3.79. The summed E-state index contributed by atoms with van der Waals surface area (Å²) in [6.07, 6.45) is 10.3. The molecule has 0 radical (unpaired) electrons. The first kappa shape index (κ1) is 15.7. The van der Waals surface area contributed by atoms with E-state index >= 15 is 0 Å². The van der Waals surface area contributed by atoms with Crippen LogP contribution in [0.1, 0.15) is 50.5 Å². The van der Waals surface area contributed by atoms with E-state index in [2.05, 4.69) is 6.07 Å². The predicted molar refractivity (Wildman–Crippen MR) is 85.5 cm³/mol. The van der Waals surface area contributed by atoms with Gasteiger partial charge in [-0.05, 0) is 61.8 Å². The Hall–Kier alpha value is -0.730. The maximum atomic E-state index is 6.20. The van der Waals surface area contributed by atoms with Crippen molar-refractivity contribution in [1.29, 1.82) is 0 Å². The number of methoxy groups -OCH3 is 1. The van der Waals surface area contributed by atoms with Crippen LogP contribution in [-0.2, 0) is 6.42 Å². The van der Waals surface area contributed by atoms with Crippen molar-refractivity contribution in [2.45, 2.75) is 51.4 Å². The van der Waals surface area contributed by atoms with Crippen LogP contribution in [0, 0.1) is 5.41 Å². The third-order valence-electron chi connectivity index (χ3n) is 4.75. The summed E-state index contributed by atoms with van der Waals surface area (Å²) < 4.78 is 5.20. The number of rotatable bonds is 6. The van der Waals surface area contributed by atoms with Gasteiger partial charge in [0.2, 0.25) is 0 Å². The van der Waals surface area contributed by atoms with Crippen molar-refractivity contribution in [3.63, 3.8) is 0 Å². The molecular formula is C17H26ClNO. The van der Waals surface area contributed by atoms with E-state index in [-0.39, 0.29) is 0 Å². The third kappa shape index (κ3) is 3.89. The minimum absolute atomic E-state index is 0.472. The minimum Gasteiger partial charge on any atom is -0.495 e. The van der Waals surface area contributed by atoms with Gasteiger partial charge in [0.05, 0.1) is 12.1 Å². The molecular weight excluding hydrogens is 270 g/mol. The van der Waals surface area contributed by atoms with Crippen LogP contribution in [0.25, 0.3) is 0 Å². The van der Waals surface area contributed by atoms with Crippen molar-refractivity contribution in [2.75, 3.05) is 13.7 Å². The smallest absolute Gasteiger partial charge is 0.137 e. The van der Waals surface area contributed by atoms with Crippen molar-refractivity contribution < 1.29 is 4.74 Å². The molecule has 20 heavy (non-hydrogen) atoms. The van der Waals surface area contributed by atoms with Gasteiger partial charge < -0.3 is 10.5 Å². The van der Waals surface area contributed by atoms with Gasteiger partial charge in [-0.2, -0.15) is 0 Å². The van der Waals surface area contributed by atoms with Gasteiger partial charge in [-0.1, -0.05) is 36.9 Å². The molecule has 0 bridgehead atoms. The van der Waals surface area contributed by atoms with Crippen LogP contribution in [-0.4, -0.2) is 13.7 Å². The summed E-state index contributed by atoms with van der Waals surface area (Å²) in [6, 6.07) is 6.14. The zero-order valence-corrected chi connectivity index (χ0v) is 13.2. The van der Waals surface area contributed by atoms with Crippen molar-refractivity contribution in [1.82, 2.24) is 0 Å². The summed E-state index contributed by atoms with van der Waals surface area (Å²) in [6.45, 7) is 0.809. The van der Waals surface area contributed by atoms with E-state index in [1.165, 1.54) is 44.1 Å². The highest BCUT2D eigenvalue weighted by Crippen LogP contribution is 2.43. The highest BCUT2D eigenvalue weighted by Gasteiger charge is 2.30. The van der Waals surface area contributed by atoms with Gasteiger partial charge in [-0.15, -0.1) is 0 Å². The second-order valence-electron chi connectivity index (χ2n) is 6.07. The van der Waals surface area contributed by atoms with Gasteiger partial charge in [0.15, 0.2) is 0 Å². The molecule has 1 saturated carbocycles. The number of aryl methyl sites for hydroxylation is 1. The van der Waals surface area contributed by atoms with E-state index in [4.69, 9.17) is 22.1 Å². The van der Waals surface area contributed by atoms with Gasteiger partial charge in [0, 0.05) is 0 Å². The molecule has 0 atom stereocenters. The number of ether oxygens (including phenoxy) is 1. The van der Waals surface area contributed by atoms with E-state index in [1.807, 2.05) is 12.1 Å². The van der Waals surface area contributed by atoms with Gasteiger partial charge in [-0.3, -0.25) is 0 Å². The van der Waals surface area contributed by atoms with Crippen molar-refractivity contribution in [3.05, 3.63) is 28.8 Å². The number of benzene rings is 1. The lowest BCUT2D eigenvalue weighted by Gasteiger charge is -2.37. The summed E-state index contributed by atoms with van der Waals surface area (Å²) in [4.78, 5) is 0. The van der Waals surface area contributed by atoms with Gasteiger partial charge >= 0.3 is 0 Å². The summed E-state index contributed by atoms with van der Waals surface area (Å²) in [5.74, 6) is 0.754. The van der Waals surface area contributed by atoms with Crippen LogP contribution in [0.15, 0.2) is 18.2 Å². The normalized spacial score (nSPS) is 17.9. The minimum atomic E-state index is 0.472. The molecule has 2 nitrogen and oxygen atoms in total. The third-order valence-corrected chi connectivity index (χ3v) is 5.04. The van der Waals surface area contributed by atoms with Gasteiger partial charge in [0.1, 0.15) is 5.75 Å². The lowest BCUT2D eigenvalue weighted by molar-refractivity contribution is 0.161. The van der Waals surface area contributed by atoms with E-state index in [0.29, 0.717) is 10.4 Å². The maximum absolute atomic E-state index is 6.20. The predicted octanol–water partition coefficient (Wildman–Crippen LogP) is 4.58. The Bertz CT molecular complexity index is 421. The Morgan fingerprint density at radius 1 is 1.20 bits per heavy atom. The van der Waals surface area contributed by atoms with Crippen LogP contribution < -0.4 is 10.5 Å². The molecule has 112 valence electrons. The molecule has 0 heterocycles. The molecule has 1 aromatic rings. The molecule has 0 spiro atoms. The molecule has 1 aliphatic rings. The van der Waals surface area contributed by atoms with Gasteiger partial charge in [0.25, 0.3) is 0 Å². The van der Waals surface area contributed by atoms with Gasteiger partial charge in [-0.25, -0.2) is 0 Å². The van der Waals surface area contributed by atoms with E-state index in [1.54, 1.807) is 7.11 Å². The van der Waals surface area contributed by atoms with E-state index in [9.17, 15) is 0 Å². The largest absolute Gasteiger partial charge is 0.495 e. The first-order valence-corrected chi connectivity index (χ1v) is 8.09. The molecule has 2 rings (SSSR count). The highest BCUT2D eigenvalue weighted by atomic mass is 35.5. The Morgan fingerprint density at radius 3 is 2.55 bits per heavy atom. The second kappa shape index (κ2) is 7.33. The van der Waals surface area contributed by atoms with Crippen molar-refractivity contribution in [3.8, 4) is 5.75 Å². The summed E-state index contributed by atoms with van der Waals surface area (Å²) >= 11 is 6.20. The van der Waals surface area contributed by atoms with Crippen LogP contribution in [0.4, 0.5) is 0 Å². The lowest BCUT2D eigenvalue weighted by Crippen LogP contribution is -2.28. The second-order valence-corrected chi connectivity index (χ2v) is 6.48. The summed E-state index contributed by atoms with van der Waals surface area (Å²) in [7, 11) is 1.65. The molecule has 2 N–H and O–H groups in total. The van der Waals surface area contributed by atoms with Crippen LogP contribution >= 0.6 is 11.6 Å². The molecule has 1 aliphatic carbocycles. The monoisotopic (exact) mass is 295 g/mol. The maximum Gasteiger partial charge on any atom is 0.137 e. The topological polar surface area (TPSA) is 35.2 Å². The SMILES string of the molecule is COc1ccc(CCC2(CCN)CCCCC2)cc1Cl. The molecule has 0 saturated heterocycles. The van der Waals surface area contributed by atoms with Crippen molar-refractivity contribution in [2.24, 2.45) is 11.1 Å². The molecule has 3 heteroatoms. The van der Waals surface area contributed by atoms with E-state index in [0.717, 1.165) is 25.1 Å². The molecule has 1 aromatic carbocycles. The molecule has 0 amide bonds. The number of hydrogen-bond donors (Lipinski definition) is 1. The Labute approximate surface area is 127 Å². The molecule has 1 fully saturated rings. The zero-order valence-electron chi connectivity index (χ0n) is 12.5. The highest BCUT2D eigenvalue weighted by molar-refractivity contribution is 6.32. The fourth-order valence-electron chi connectivity index (χ4n) is 3.51. The lowest BCUT2D eigenvalue weighted by atomic mass is 9.68. The van der Waals surface area contributed by atoms with E-state index < -0.39 is 0 Å². The molecule has 0 aromatic heterocycles. The van der Waals surface area contributed by atoms with Crippen LogP contribution in [0.2, 0.25) is 5.02 Å². The first-order valence-electron chi connectivity index (χ1n) is 7.72. The van der Waals surface area contributed by atoms with Crippen LogP contribution in [0.5, 0.6) is 5.75 Å². The summed E-state index contributed by atoms with van der Waals surface area (Å²) in [5.41, 5.74) is 7.61. The Balaban J connectivity index is 2.00. The standard InChI is InChI=1S/C17H26ClNO/c1-20-16-6-5-14(13-15(16)18)7-10-17(11-12-19)8-3-2-4-9-17/h5-6,13H,2-4,7-12,19H2,1H3. The fraction of sp³-hybridized carbons (Fsp3) is 0.647. The van der Waals surface area contributed by atoms with Crippen molar-refractivity contribution >= 4 is 11.6 Å². The zero-order chi connectivity index (χ0) is 14.4. The average molecular weight is 296 g/mol. The molecule has 0 aliphatic heterocycles. The number of halogens is 1. The first-order chi connectivity index (χ1) is 9.69. The Morgan fingerprint density at radius 2 is 1.95 bits per heavy atom. The molecule has 0 unspecified atom stereocenters. The number of nitrogens with two attached hydrogens (primary N) is 1. The average Bonchev–Trinajstić information content (AvgIpc) is 2.47. The Kier molecular flexibility index (Phi) is 5.74. The summed E-state index contributed by atoms with van der Waals surface area (Å²) in [5, 5.41) is 0.710.